The maximum atomic E-state index is 13.4. The van der Waals surface area contributed by atoms with Gasteiger partial charge in [-0.25, -0.2) is 14.8 Å². The van der Waals surface area contributed by atoms with Gasteiger partial charge in [-0.3, -0.25) is 19.2 Å². The van der Waals surface area contributed by atoms with E-state index in [0.29, 0.717) is 33.5 Å². The summed E-state index contributed by atoms with van der Waals surface area (Å²) in [6.07, 6.45) is 4.32. The molecule has 1 amide bonds. The highest BCUT2D eigenvalue weighted by molar-refractivity contribution is 6.11. The van der Waals surface area contributed by atoms with Crippen molar-refractivity contribution < 1.29 is 19.1 Å². The van der Waals surface area contributed by atoms with Crippen LogP contribution in [0.25, 0.3) is 22.0 Å². The van der Waals surface area contributed by atoms with E-state index in [4.69, 9.17) is 4.74 Å². The van der Waals surface area contributed by atoms with Crippen LogP contribution in [0.1, 0.15) is 35.7 Å². The normalized spacial score (nSPS) is 10.8. The first-order chi connectivity index (χ1) is 17.8. The molecule has 0 aliphatic rings. The molecule has 0 radical (unpaired) electrons. The van der Waals surface area contributed by atoms with Gasteiger partial charge in [-0.15, -0.1) is 6.58 Å². The highest BCUT2D eigenvalue weighted by atomic mass is 16.6. The van der Waals surface area contributed by atoms with Crippen molar-refractivity contribution in [3.8, 4) is 11.1 Å². The molecule has 2 aromatic heterocycles. The van der Waals surface area contributed by atoms with Crippen LogP contribution in [0.3, 0.4) is 0 Å². The minimum atomic E-state index is -0.609. The standard InChI is InChI=1S/C28H27N5O4/c1-5-11-32(28(36)37-17-21-9-7-6-8-10-21)25-13-22(23-14-29-20(4)30-15-23)12-24-26(19(3)35)31-33(27(24)25)16-18(2)34/h5-10,12-15H,1,11,16-17H2,2-4H3. The summed E-state index contributed by atoms with van der Waals surface area (Å²) >= 11 is 0. The zero-order valence-electron chi connectivity index (χ0n) is 21.0. The van der Waals surface area contributed by atoms with E-state index in [9.17, 15) is 14.4 Å². The molecule has 0 aliphatic heterocycles. The van der Waals surface area contributed by atoms with E-state index in [0.717, 1.165) is 5.56 Å². The Labute approximate surface area is 214 Å². The number of aromatic nitrogens is 4. The third-order valence-corrected chi connectivity index (χ3v) is 5.67. The molecule has 2 aromatic carbocycles. The van der Waals surface area contributed by atoms with Crippen molar-refractivity contribution in [3.05, 3.63) is 84.6 Å². The summed E-state index contributed by atoms with van der Waals surface area (Å²) in [6.45, 7) is 8.57. The van der Waals surface area contributed by atoms with E-state index in [1.54, 1.807) is 37.5 Å². The summed E-state index contributed by atoms with van der Waals surface area (Å²) in [5, 5.41) is 4.95. The molecule has 2 heterocycles. The Morgan fingerprint density at radius 3 is 2.38 bits per heavy atom. The molecule has 0 saturated heterocycles. The molecular weight excluding hydrogens is 470 g/mol. The largest absolute Gasteiger partial charge is 0.444 e. The van der Waals surface area contributed by atoms with Gasteiger partial charge in [0.15, 0.2) is 11.6 Å². The lowest BCUT2D eigenvalue weighted by Gasteiger charge is -2.23. The number of hydrogen-bond acceptors (Lipinski definition) is 7. The Morgan fingerprint density at radius 1 is 1.05 bits per heavy atom. The van der Waals surface area contributed by atoms with Crippen LogP contribution in [0.15, 0.2) is 67.5 Å². The zero-order chi connectivity index (χ0) is 26.5. The van der Waals surface area contributed by atoms with Gasteiger partial charge in [0.1, 0.15) is 18.1 Å². The number of ketones is 2. The molecule has 0 saturated carbocycles. The maximum absolute atomic E-state index is 13.4. The van der Waals surface area contributed by atoms with E-state index in [1.807, 2.05) is 30.3 Å². The summed E-state index contributed by atoms with van der Waals surface area (Å²) in [6, 6.07) is 12.9. The number of ether oxygens (including phenoxy) is 1. The van der Waals surface area contributed by atoms with E-state index in [2.05, 4.69) is 21.6 Å². The quantitative estimate of drug-likeness (QED) is 0.238. The van der Waals surface area contributed by atoms with Crippen molar-refractivity contribution in [3.63, 3.8) is 0 Å². The van der Waals surface area contributed by atoms with Crippen LogP contribution in [0, 0.1) is 6.92 Å². The number of carbonyl (C=O) groups excluding carboxylic acids is 3. The number of Topliss-reactive ketones (excluding diaryl/α,β-unsaturated/α-hetero) is 2. The predicted octanol–water partition coefficient (Wildman–Crippen LogP) is 4.92. The number of amides is 1. The summed E-state index contributed by atoms with van der Waals surface area (Å²) in [7, 11) is 0. The van der Waals surface area contributed by atoms with E-state index < -0.39 is 6.09 Å². The average Bonchev–Trinajstić information content (AvgIpc) is 3.24. The molecule has 0 atom stereocenters. The molecule has 4 aromatic rings. The minimum Gasteiger partial charge on any atom is -0.444 e. The van der Waals surface area contributed by atoms with Crippen LogP contribution in [-0.2, 0) is 22.7 Å². The van der Waals surface area contributed by atoms with E-state index in [-0.39, 0.29) is 37.0 Å². The molecule has 0 bridgehead atoms. The van der Waals surface area contributed by atoms with Crippen molar-refractivity contribution in [1.82, 2.24) is 19.7 Å². The third kappa shape index (κ3) is 5.61. The van der Waals surface area contributed by atoms with E-state index >= 15 is 0 Å². The lowest BCUT2D eigenvalue weighted by molar-refractivity contribution is -0.117. The van der Waals surface area contributed by atoms with Gasteiger partial charge in [-0.2, -0.15) is 5.10 Å². The fraction of sp³-hybridized carbons (Fsp3) is 0.214. The number of carbonyl (C=O) groups is 3. The van der Waals surface area contributed by atoms with Crippen LogP contribution in [0.4, 0.5) is 10.5 Å². The first-order valence-corrected chi connectivity index (χ1v) is 11.7. The van der Waals surface area contributed by atoms with Gasteiger partial charge in [0.25, 0.3) is 0 Å². The molecule has 9 heteroatoms. The highest BCUT2D eigenvalue weighted by Crippen LogP contribution is 2.35. The Bertz CT molecular complexity index is 1480. The predicted molar refractivity (Wildman–Crippen MR) is 140 cm³/mol. The van der Waals surface area contributed by atoms with Crippen LogP contribution in [-0.4, -0.2) is 44.0 Å². The fourth-order valence-electron chi connectivity index (χ4n) is 3.99. The number of benzene rings is 2. The van der Waals surface area contributed by atoms with Gasteiger partial charge in [-0.05, 0) is 37.1 Å². The van der Waals surface area contributed by atoms with Gasteiger partial charge in [0.05, 0.1) is 17.7 Å². The first kappa shape index (κ1) is 25.4. The number of nitrogens with zero attached hydrogens (tertiary/aromatic N) is 5. The highest BCUT2D eigenvalue weighted by Gasteiger charge is 2.26. The van der Waals surface area contributed by atoms with Crippen molar-refractivity contribution in [1.29, 1.82) is 0 Å². The first-order valence-electron chi connectivity index (χ1n) is 11.7. The monoisotopic (exact) mass is 497 g/mol. The second kappa shape index (κ2) is 10.9. The molecule has 188 valence electrons. The summed E-state index contributed by atoms with van der Waals surface area (Å²) in [5.41, 5.74) is 3.30. The van der Waals surface area contributed by atoms with Gasteiger partial charge in [-0.1, -0.05) is 36.4 Å². The number of aryl methyl sites for hydroxylation is 1. The SMILES string of the molecule is C=CCN(C(=O)OCc1ccccc1)c1cc(-c2cnc(C)nc2)cc2c(C(C)=O)nn(CC(C)=O)c12. The summed E-state index contributed by atoms with van der Waals surface area (Å²) in [4.78, 5) is 48.0. The topological polar surface area (TPSA) is 107 Å². The average molecular weight is 498 g/mol. The smallest absolute Gasteiger partial charge is 0.414 e. The summed E-state index contributed by atoms with van der Waals surface area (Å²) in [5.74, 6) is 0.197. The molecule has 0 fully saturated rings. The second-order valence-corrected chi connectivity index (χ2v) is 8.61. The molecule has 37 heavy (non-hydrogen) atoms. The number of fused-ring (bicyclic) bond motifs is 1. The lowest BCUT2D eigenvalue weighted by Crippen LogP contribution is -2.32. The lowest BCUT2D eigenvalue weighted by atomic mass is 10.0. The molecule has 0 aliphatic carbocycles. The second-order valence-electron chi connectivity index (χ2n) is 8.61. The maximum Gasteiger partial charge on any atom is 0.414 e. The molecule has 0 unspecified atom stereocenters. The summed E-state index contributed by atoms with van der Waals surface area (Å²) < 4.78 is 7.09. The molecule has 9 nitrogen and oxygen atoms in total. The number of rotatable bonds is 9. The third-order valence-electron chi connectivity index (χ3n) is 5.67. The van der Waals surface area contributed by atoms with Crippen molar-refractivity contribution in [2.45, 2.75) is 33.9 Å². The Hall–Kier alpha value is -4.66. The van der Waals surface area contributed by atoms with Crippen LogP contribution in [0.2, 0.25) is 0 Å². The van der Waals surface area contributed by atoms with Crippen LogP contribution >= 0.6 is 0 Å². The van der Waals surface area contributed by atoms with Gasteiger partial charge < -0.3 is 4.74 Å². The van der Waals surface area contributed by atoms with E-state index in [1.165, 1.54) is 23.4 Å². The minimum absolute atomic E-state index is 0.0647. The van der Waals surface area contributed by atoms with Gasteiger partial charge >= 0.3 is 6.09 Å². The Morgan fingerprint density at radius 2 is 1.76 bits per heavy atom. The fourth-order valence-corrected chi connectivity index (χ4v) is 3.99. The zero-order valence-corrected chi connectivity index (χ0v) is 21.0. The Kier molecular flexibility index (Phi) is 7.52. The Balaban J connectivity index is 1.91. The van der Waals surface area contributed by atoms with Crippen molar-refractivity contribution in [2.75, 3.05) is 11.4 Å². The molecular formula is C28H27N5O4. The number of hydrogen-bond donors (Lipinski definition) is 0. The molecule has 4 rings (SSSR count). The molecule has 0 spiro atoms. The van der Waals surface area contributed by atoms with Crippen LogP contribution in [0.5, 0.6) is 0 Å². The van der Waals surface area contributed by atoms with Crippen LogP contribution < -0.4 is 4.90 Å². The van der Waals surface area contributed by atoms with Crippen molar-refractivity contribution >= 4 is 34.3 Å². The van der Waals surface area contributed by atoms with Gasteiger partial charge in [0, 0.05) is 36.8 Å². The molecule has 0 N–H and O–H groups in total. The van der Waals surface area contributed by atoms with Gasteiger partial charge in [0.2, 0.25) is 0 Å². The van der Waals surface area contributed by atoms with Crippen molar-refractivity contribution in [2.24, 2.45) is 0 Å². The number of anilines is 1.